The summed E-state index contributed by atoms with van der Waals surface area (Å²) in [6, 6.07) is 0. The first-order valence-corrected chi connectivity index (χ1v) is 4.47. The Morgan fingerprint density at radius 3 is 3.18 bits per heavy atom. The van der Waals surface area contributed by atoms with Gasteiger partial charge in [-0.25, -0.2) is 0 Å². The zero-order chi connectivity index (χ0) is 7.68. The third kappa shape index (κ3) is 1.20. The van der Waals surface area contributed by atoms with E-state index in [1.54, 1.807) is 5.57 Å². The third-order valence-corrected chi connectivity index (χ3v) is 2.64. The van der Waals surface area contributed by atoms with Crippen LogP contribution in [-0.4, -0.2) is 18.5 Å². The van der Waals surface area contributed by atoms with Gasteiger partial charge in [0.2, 0.25) is 0 Å². The second-order valence-corrected chi connectivity index (χ2v) is 3.47. The van der Waals surface area contributed by atoms with E-state index in [0.717, 1.165) is 0 Å². The van der Waals surface area contributed by atoms with Crippen LogP contribution in [0.1, 0.15) is 25.7 Å². The molecule has 0 bridgehead atoms. The van der Waals surface area contributed by atoms with Gasteiger partial charge in [0.15, 0.2) is 0 Å². The van der Waals surface area contributed by atoms with E-state index in [1.807, 2.05) is 0 Å². The van der Waals surface area contributed by atoms with E-state index < -0.39 is 0 Å². The van der Waals surface area contributed by atoms with E-state index >= 15 is 0 Å². The largest absolute Gasteiger partial charge is 0.375 e. The van der Waals surface area contributed by atoms with E-state index in [-0.39, 0.29) is 0 Å². The number of hydrogen-bond acceptors (Lipinski definition) is 1. The molecule has 1 aliphatic carbocycles. The van der Waals surface area contributed by atoms with Crippen molar-refractivity contribution in [2.24, 2.45) is 0 Å². The molecule has 0 radical (unpaired) electrons. The number of rotatable bonds is 0. The molecule has 2 aliphatic rings. The van der Waals surface area contributed by atoms with Crippen LogP contribution in [0.2, 0.25) is 0 Å². The van der Waals surface area contributed by atoms with Crippen LogP contribution in [0, 0.1) is 0 Å². The van der Waals surface area contributed by atoms with Crippen LogP contribution in [0.5, 0.6) is 0 Å². The van der Waals surface area contributed by atoms with Crippen LogP contribution < -0.4 is 0 Å². The summed E-state index contributed by atoms with van der Waals surface area (Å²) in [5.41, 5.74) is 3.16. The van der Waals surface area contributed by atoms with Crippen molar-refractivity contribution < 1.29 is 0 Å². The summed E-state index contributed by atoms with van der Waals surface area (Å²) >= 11 is 0. The van der Waals surface area contributed by atoms with Crippen LogP contribution in [0.25, 0.3) is 0 Å². The summed E-state index contributed by atoms with van der Waals surface area (Å²) in [7, 11) is 2.20. The molecule has 1 aliphatic heterocycles. The van der Waals surface area contributed by atoms with Gasteiger partial charge in [0, 0.05) is 19.3 Å². The molecule has 60 valence electrons. The predicted molar refractivity (Wildman–Crippen MR) is 47.3 cm³/mol. The van der Waals surface area contributed by atoms with Crippen LogP contribution >= 0.6 is 0 Å². The van der Waals surface area contributed by atoms with Gasteiger partial charge in [-0.1, -0.05) is 6.08 Å². The smallest absolute Gasteiger partial charge is 0.0355 e. The number of hydrogen-bond donors (Lipinski definition) is 0. The lowest BCUT2D eigenvalue weighted by Gasteiger charge is -2.17. The molecule has 0 aromatic carbocycles. The Labute approximate surface area is 68.4 Å². The molecule has 0 amide bonds. The minimum atomic E-state index is 1.21. The summed E-state index contributed by atoms with van der Waals surface area (Å²) in [5, 5.41) is 0. The Kier molecular flexibility index (Phi) is 1.72. The Morgan fingerprint density at radius 2 is 2.27 bits per heavy atom. The van der Waals surface area contributed by atoms with Crippen molar-refractivity contribution in [3.8, 4) is 0 Å². The summed E-state index contributed by atoms with van der Waals surface area (Å²) in [6.07, 6.45) is 9.84. The molecule has 0 spiro atoms. The van der Waals surface area contributed by atoms with Gasteiger partial charge in [-0.3, -0.25) is 0 Å². The van der Waals surface area contributed by atoms with Gasteiger partial charge in [-0.15, -0.1) is 0 Å². The summed E-state index contributed by atoms with van der Waals surface area (Å²) in [5.74, 6) is 0. The lowest BCUT2D eigenvalue weighted by Crippen LogP contribution is -2.16. The molecule has 2 rings (SSSR count). The first-order chi connectivity index (χ1) is 5.38. The standard InChI is InChI=1S/C10H15N/c1-11-8-3-2-5-9-6-4-7-10(9)11/h4,7H,2-3,5-6,8H2,1H3. The van der Waals surface area contributed by atoms with Crippen LogP contribution in [-0.2, 0) is 0 Å². The molecule has 1 heteroatoms. The lowest BCUT2D eigenvalue weighted by molar-refractivity contribution is 0.427. The van der Waals surface area contributed by atoms with Gasteiger partial charge in [-0.2, -0.15) is 0 Å². The van der Waals surface area contributed by atoms with Crippen LogP contribution in [0.3, 0.4) is 0 Å². The highest BCUT2D eigenvalue weighted by Crippen LogP contribution is 2.28. The van der Waals surface area contributed by atoms with Gasteiger partial charge in [0.1, 0.15) is 0 Å². The maximum atomic E-state index is 2.39. The average Bonchev–Trinajstić information content (AvgIpc) is 2.40. The van der Waals surface area contributed by atoms with E-state index in [9.17, 15) is 0 Å². The number of likely N-dealkylation sites (N-methyl/N-ethyl adjacent to an activating group) is 1. The van der Waals surface area contributed by atoms with Crippen molar-refractivity contribution in [3.05, 3.63) is 23.4 Å². The Morgan fingerprint density at radius 1 is 1.36 bits per heavy atom. The molecule has 0 aromatic heterocycles. The normalized spacial score (nSPS) is 23.9. The third-order valence-electron chi connectivity index (χ3n) is 2.64. The van der Waals surface area contributed by atoms with E-state index in [1.165, 1.54) is 37.9 Å². The molecule has 0 saturated carbocycles. The van der Waals surface area contributed by atoms with Crippen LogP contribution in [0.15, 0.2) is 23.4 Å². The van der Waals surface area contributed by atoms with E-state index in [2.05, 4.69) is 24.1 Å². The van der Waals surface area contributed by atoms with E-state index in [4.69, 9.17) is 0 Å². The number of allylic oxidation sites excluding steroid dienone is 3. The Balaban J connectivity index is 2.23. The van der Waals surface area contributed by atoms with Gasteiger partial charge in [0.05, 0.1) is 0 Å². The maximum absolute atomic E-state index is 2.39. The molecule has 0 saturated heterocycles. The fourth-order valence-electron chi connectivity index (χ4n) is 1.97. The molecule has 0 atom stereocenters. The molecule has 0 aromatic rings. The highest BCUT2D eigenvalue weighted by molar-refractivity contribution is 5.33. The molecular formula is C10H15N. The molecule has 11 heavy (non-hydrogen) atoms. The zero-order valence-electron chi connectivity index (χ0n) is 7.14. The summed E-state index contributed by atoms with van der Waals surface area (Å²) in [4.78, 5) is 2.39. The second-order valence-electron chi connectivity index (χ2n) is 3.47. The highest BCUT2D eigenvalue weighted by Gasteiger charge is 2.15. The fraction of sp³-hybridized carbons (Fsp3) is 0.600. The molecule has 1 nitrogen and oxygen atoms in total. The summed E-state index contributed by atoms with van der Waals surface area (Å²) < 4.78 is 0. The van der Waals surface area contributed by atoms with Gasteiger partial charge in [-0.05, 0) is 37.3 Å². The van der Waals surface area contributed by atoms with E-state index in [0.29, 0.717) is 0 Å². The first-order valence-electron chi connectivity index (χ1n) is 4.47. The average molecular weight is 149 g/mol. The molecule has 0 unspecified atom stereocenters. The molecule has 1 heterocycles. The topological polar surface area (TPSA) is 3.24 Å². The van der Waals surface area contributed by atoms with Gasteiger partial charge >= 0.3 is 0 Å². The van der Waals surface area contributed by atoms with Gasteiger partial charge < -0.3 is 4.90 Å². The second kappa shape index (κ2) is 2.72. The van der Waals surface area contributed by atoms with Crippen molar-refractivity contribution in [1.29, 1.82) is 0 Å². The fourth-order valence-corrected chi connectivity index (χ4v) is 1.97. The quantitative estimate of drug-likeness (QED) is 0.511. The summed E-state index contributed by atoms with van der Waals surface area (Å²) in [6.45, 7) is 1.24. The first kappa shape index (κ1) is 6.96. The van der Waals surface area contributed by atoms with Crippen molar-refractivity contribution in [2.75, 3.05) is 13.6 Å². The van der Waals surface area contributed by atoms with Crippen molar-refractivity contribution in [2.45, 2.75) is 25.7 Å². The highest BCUT2D eigenvalue weighted by atomic mass is 15.1. The van der Waals surface area contributed by atoms with Crippen molar-refractivity contribution in [1.82, 2.24) is 4.90 Å². The molecule has 0 fully saturated rings. The lowest BCUT2D eigenvalue weighted by atomic mass is 10.1. The monoisotopic (exact) mass is 149 g/mol. The van der Waals surface area contributed by atoms with Crippen LogP contribution in [0.4, 0.5) is 0 Å². The van der Waals surface area contributed by atoms with Crippen molar-refractivity contribution >= 4 is 0 Å². The maximum Gasteiger partial charge on any atom is 0.0355 e. The van der Waals surface area contributed by atoms with Gasteiger partial charge in [0.25, 0.3) is 0 Å². The Bertz CT molecular complexity index is 213. The SMILES string of the molecule is CN1CCCCC2=C1C=CC2. The predicted octanol–water partition coefficient (Wildman–Crippen LogP) is 2.32. The Hall–Kier alpha value is -0.720. The molecule has 0 N–H and O–H groups in total. The molecular weight excluding hydrogens is 134 g/mol. The number of nitrogens with zero attached hydrogens (tertiary/aromatic N) is 1. The minimum absolute atomic E-state index is 1.21. The van der Waals surface area contributed by atoms with Crippen molar-refractivity contribution in [3.63, 3.8) is 0 Å². The zero-order valence-corrected chi connectivity index (χ0v) is 7.14. The minimum Gasteiger partial charge on any atom is -0.375 e.